The molecule has 74 heavy (non-hydrogen) atoms. The van der Waals surface area contributed by atoms with Crippen LogP contribution in [0.1, 0.15) is 61.1 Å². The smallest absolute Gasteiger partial charge is 1.00 e. The van der Waals surface area contributed by atoms with Crippen molar-refractivity contribution in [3.8, 4) is 66.8 Å². The van der Waals surface area contributed by atoms with Gasteiger partial charge >= 0.3 is 21.7 Å². The van der Waals surface area contributed by atoms with Crippen molar-refractivity contribution in [1.29, 1.82) is 0 Å². The predicted molar refractivity (Wildman–Crippen MR) is 304 cm³/mol. The molecule has 368 valence electrons. The minimum atomic E-state index is -3.54. The first-order valence-corrected chi connectivity index (χ1v) is 26.9. The SMILES string of the molecule is CC1=[C-]C(C)([Si](c2cc(-c3ccccc3)c(-c3ccccc3)c(C)c2C)(c2cc(-c3ccccc3)c(-c3ccccc3)c(C)c2C)c2cc(-c3ccccc3)c(-c3ccccc3)c(C)c2C)C(C)=C1C.[Cl-].[Cl-].[Cl-].[Ti+4]. The Balaban J connectivity index is 0.00000223. The molecule has 0 amide bonds. The van der Waals surface area contributed by atoms with Gasteiger partial charge in [-0.15, -0.1) is 6.92 Å². The summed E-state index contributed by atoms with van der Waals surface area (Å²) in [5.41, 5.74) is 27.0. The number of hydrogen-bond donors (Lipinski definition) is 0. The molecule has 9 aromatic carbocycles. The molecular weight excluding hydrogens is 1010 g/mol. The van der Waals surface area contributed by atoms with Gasteiger partial charge in [0.1, 0.15) is 8.07 Å². The molecule has 1 atom stereocenters. The van der Waals surface area contributed by atoms with Crippen LogP contribution in [0.25, 0.3) is 66.8 Å². The van der Waals surface area contributed by atoms with E-state index < -0.39 is 13.1 Å². The van der Waals surface area contributed by atoms with Gasteiger partial charge < -0.3 is 37.2 Å². The van der Waals surface area contributed by atoms with Crippen LogP contribution in [0.5, 0.6) is 0 Å². The Morgan fingerprint density at radius 2 is 0.554 bits per heavy atom. The minimum absolute atomic E-state index is 0. The van der Waals surface area contributed by atoms with Gasteiger partial charge in [0.15, 0.2) is 0 Å². The first-order valence-electron chi connectivity index (χ1n) is 24.9. The van der Waals surface area contributed by atoms with Gasteiger partial charge in [-0.25, -0.2) is 5.57 Å². The fourth-order valence-electron chi connectivity index (χ4n) is 12.2. The van der Waals surface area contributed by atoms with Gasteiger partial charge in [0.05, 0.1) is 0 Å². The van der Waals surface area contributed by atoms with E-state index in [1.807, 2.05) is 0 Å². The number of rotatable bonds is 10. The third kappa shape index (κ3) is 9.51. The van der Waals surface area contributed by atoms with Crippen LogP contribution in [-0.2, 0) is 21.7 Å². The number of halogens is 3. The zero-order valence-electron chi connectivity index (χ0n) is 44.2. The molecule has 0 saturated heterocycles. The normalized spacial score (nSPS) is 14.0. The van der Waals surface area contributed by atoms with E-state index in [-0.39, 0.29) is 58.9 Å². The summed E-state index contributed by atoms with van der Waals surface area (Å²) in [6, 6.07) is 74.7. The fourth-order valence-corrected chi connectivity index (χ4v) is 19.2. The van der Waals surface area contributed by atoms with Crippen LogP contribution >= 0.6 is 0 Å². The molecule has 0 aromatic heterocycles. The van der Waals surface area contributed by atoms with Crippen LogP contribution in [0, 0.1) is 47.6 Å². The van der Waals surface area contributed by atoms with Crippen LogP contribution < -0.4 is 52.8 Å². The summed E-state index contributed by atoms with van der Waals surface area (Å²) in [5, 5.41) is 3.77. The van der Waals surface area contributed by atoms with Crippen molar-refractivity contribution in [1.82, 2.24) is 0 Å². The van der Waals surface area contributed by atoms with Crippen LogP contribution in [0.15, 0.2) is 217 Å². The molecule has 1 aliphatic rings. The van der Waals surface area contributed by atoms with Crippen molar-refractivity contribution in [3.05, 3.63) is 256 Å². The van der Waals surface area contributed by atoms with Crippen molar-refractivity contribution >= 4 is 23.6 Å². The molecule has 1 unspecified atom stereocenters. The monoisotopic (exact) mass is 1070 g/mol. The minimum Gasteiger partial charge on any atom is -1.00 e. The molecule has 0 aliphatic heterocycles. The van der Waals surface area contributed by atoms with E-state index in [0.29, 0.717) is 0 Å². The van der Waals surface area contributed by atoms with Gasteiger partial charge in [0, 0.05) is 0 Å². The Labute approximate surface area is 476 Å². The van der Waals surface area contributed by atoms with E-state index in [9.17, 15) is 0 Å². The number of benzene rings is 9. The van der Waals surface area contributed by atoms with E-state index in [1.165, 1.54) is 132 Å². The molecular formula is C69H63Cl3SiTi. The van der Waals surface area contributed by atoms with Gasteiger partial charge in [-0.2, -0.15) is 11.1 Å². The molecule has 0 fully saturated rings. The van der Waals surface area contributed by atoms with E-state index in [4.69, 9.17) is 0 Å². The average molecular weight is 1070 g/mol. The maximum absolute atomic E-state index is 4.43. The van der Waals surface area contributed by atoms with Gasteiger partial charge in [0.2, 0.25) is 0 Å². The molecule has 0 heterocycles. The van der Waals surface area contributed by atoms with Gasteiger partial charge in [-0.1, -0.05) is 226 Å². The predicted octanol–water partition coefficient (Wildman–Crippen LogP) is 7.88. The third-order valence-electron chi connectivity index (χ3n) is 16.4. The molecule has 0 bridgehead atoms. The standard InChI is InChI=1S/C69H63Si.3ClH.Ti/c1-45-44-69(10,53(9)46(45)2)70(63-41-60(54-29-17-11-18-30-54)66(50(6)47(63)3)57-35-23-14-24-36-57,64-42-61(55-31-19-12-20-32-55)67(51(7)48(64)4)58-37-25-15-26-38-58)65-43-62(56-33-21-13-22-34-56)68(52(8)49(65)5)59-39-27-16-28-40-59;;;;/h11-43H,1-10H3;3*1H;/q-1;;;;+4/p-3. The molecule has 10 rings (SSSR count). The topological polar surface area (TPSA) is 0 Å². The molecule has 0 N–H and O–H groups in total. The van der Waals surface area contributed by atoms with E-state index in [2.05, 4.69) is 276 Å². The Bertz CT molecular complexity index is 3170. The zero-order valence-corrected chi connectivity index (χ0v) is 49.0. The average Bonchev–Trinajstić information content (AvgIpc) is 3.60. The van der Waals surface area contributed by atoms with Crippen molar-refractivity contribution in [2.24, 2.45) is 0 Å². The van der Waals surface area contributed by atoms with Gasteiger partial charge in [-0.05, 0) is 157 Å². The van der Waals surface area contributed by atoms with Crippen molar-refractivity contribution < 1.29 is 58.9 Å². The summed E-state index contributed by atoms with van der Waals surface area (Å²) in [6.07, 6.45) is 4.43. The van der Waals surface area contributed by atoms with Crippen molar-refractivity contribution in [2.75, 3.05) is 0 Å². The Kier molecular flexibility index (Phi) is 18.2. The maximum atomic E-state index is 4.43. The zero-order chi connectivity index (χ0) is 48.9. The van der Waals surface area contributed by atoms with E-state index in [0.717, 1.165) is 0 Å². The second-order valence-electron chi connectivity index (χ2n) is 19.9. The van der Waals surface area contributed by atoms with E-state index in [1.54, 1.807) is 0 Å². The molecule has 0 spiro atoms. The second kappa shape index (κ2) is 23.4. The maximum Gasteiger partial charge on any atom is 4.00 e. The number of allylic oxidation sites excluding steroid dienone is 4. The summed E-state index contributed by atoms with van der Waals surface area (Å²) in [4.78, 5) is 0. The largest absolute Gasteiger partial charge is 4.00 e. The quantitative estimate of drug-likeness (QED) is 0.0744. The first-order chi connectivity index (χ1) is 33.9. The van der Waals surface area contributed by atoms with Gasteiger partial charge in [0.25, 0.3) is 0 Å². The first kappa shape index (κ1) is 57.5. The molecule has 9 aromatic rings. The van der Waals surface area contributed by atoms with Crippen molar-refractivity contribution in [3.63, 3.8) is 0 Å². The van der Waals surface area contributed by atoms with E-state index >= 15 is 0 Å². The molecule has 0 radical (unpaired) electrons. The summed E-state index contributed by atoms with van der Waals surface area (Å²) in [7, 11) is -3.54. The van der Waals surface area contributed by atoms with Crippen LogP contribution in [0.4, 0.5) is 0 Å². The van der Waals surface area contributed by atoms with Crippen LogP contribution in [0.2, 0.25) is 5.04 Å². The Hall–Kier alpha value is -5.74. The molecule has 1 aliphatic carbocycles. The fraction of sp³-hybridized carbons (Fsp3) is 0.159. The summed E-state index contributed by atoms with van der Waals surface area (Å²) < 4.78 is 0. The van der Waals surface area contributed by atoms with Gasteiger partial charge in [-0.3, -0.25) is 6.08 Å². The number of hydrogen-bond acceptors (Lipinski definition) is 0. The summed E-state index contributed by atoms with van der Waals surface area (Å²) in [5.74, 6) is 0. The second-order valence-corrected chi connectivity index (χ2v) is 24.0. The van der Waals surface area contributed by atoms with Crippen LogP contribution in [-0.4, -0.2) is 8.07 Å². The van der Waals surface area contributed by atoms with Crippen molar-refractivity contribution in [2.45, 2.75) is 74.3 Å². The summed E-state index contributed by atoms with van der Waals surface area (Å²) >= 11 is 0. The third-order valence-corrected chi connectivity index (χ3v) is 22.4. The molecule has 0 saturated carbocycles. The molecule has 5 heteroatoms. The van der Waals surface area contributed by atoms with Crippen LogP contribution in [0.3, 0.4) is 0 Å². The Morgan fingerprint density at radius 3 is 0.770 bits per heavy atom. The molecule has 0 nitrogen and oxygen atoms in total. The summed E-state index contributed by atoms with van der Waals surface area (Å²) in [6.45, 7) is 24.1. The Morgan fingerprint density at radius 1 is 0.324 bits per heavy atom.